The summed E-state index contributed by atoms with van der Waals surface area (Å²) in [6.07, 6.45) is 4.51. The van der Waals surface area contributed by atoms with E-state index < -0.39 is 12.0 Å². The number of piperidine rings is 1. The summed E-state index contributed by atoms with van der Waals surface area (Å²) >= 11 is 0. The zero-order valence-electron chi connectivity index (χ0n) is 10.6. The maximum absolute atomic E-state index is 12.4. The van der Waals surface area contributed by atoms with Crippen LogP contribution in [0.3, 0.4) is 0 Å². The highest BCUT2D eigenvalue weighted by molar-refractivity contribution is 5.95. The van der Waals surface area contributed by atoms with E-state index in [0.717, 1.165) is 31.4 Å². The van der Waals surface area contributed by atoms with Crippen molar-refractivity contribution in [3.8, 4) is 0 Å². The van der Waals surface area contributed by atoms with Gasteiger partial charge in [0.2, 0.25) is 0 Å². The lowest BCUT2D eigenvalue weighted by atomic mass is 10.0. The van der Waals surface area contributed by atoms with Crippen LogP contribution in [0.15, 0.2) is 6.07 Å². The van der Waals surface area contributed by atoms with Crippen molar-refractivity contribution in [3.05, 3.63) is 17.5 Å². The lowest BCUT2D eigenvalue weighted by Gasteiger charge is -2.32. The van der Waals surface area contributed by atoms with Crippen LogP contribution in [0, 0.1) is 0 Å². The Morgan fingerprint density at radius 1 is 1.32 bits per heavy atom. The summed E-state index contributed by atoms with van der Waals surface area (Å²) in [6.45, 7) is 0.501. The second-order valence-corrected chi connectivity index (χ2v) is 5.33. The first kappa shape index (κ1) is 12.2. The summed E-state index contributed by atoms with van der Waals surface area (Å²) < 4.78 is 0. The number of aromatic nitrogens is 2. The fourth-order valence-corrected chi connectivity index (χ4v) is 2.63. The smallest absolute Gasteiger partial charge is 0.326 e. The first-order chi connectivity index (χ1) is 9.16. The Bertz CT molecular complexity index is 507. The van der Waals surface area contributed by atoms with Gasteiger partial charge in [-0.05, 0) is 38.2 Å². The molecule has 0 aromatic carbocycles. The molecular weight excluding hydrogens is 246 g/mol. The second kappa shape index (κ2) is 4.68. The summed E-state index contributed by atoms with van der Waals surface area (Å²) in [6, 6.07) is 1.07. The highest BCUT2D eigenvalue weighted by atomic mass is 16.4. The number of carbonyl (C=O) groups excluding carboxylic acids is 1. The zero-order chi connectivity index (χ0) is 13.4. The van der Waals surface area contributed by atoms with Gasteiger partial charge in [-0.25, -0.2) is 4.79 Å². The van der Waals surface area contributed by atoms with Crippen LogP contribution in [-0.4, -0.2) is 44.7 Å². The van der Waals surface area contributed by atoms with Crippen LogP contribution in [0.25, 0.3) is 0 Å². The number of carbonyl (C=O) groups is 2. The van der Waals surface area contributed by atoms with Crippen LogP contribution in [0.1, 0.15) is 54.2 Å². The average Bonchev–Trinajstić information content (AvgIpc) is 3.16. The summed E-state index contributed by atoms with van der Waals surface area (Å²) in [5.74, 6) is -0.688. The van der Waals surface area contributed by atoms with Gasteiger partial charge in [-0.15, -0.1) is 0 Å². The quantitative estimate of drug-likeness (QED) is 0.862. The molecule has 0 bridgehead atoms. The number of H-pyrrole nitrogens is 1. The van der Waals surface area contributed by atoms with Crippen molar-refractivity contribution in [2.45, 2.75) is 44.1 Å². The molecule has 1 aliphatic heterocycles. The summed E-state index contributed by atoms with van der Waals surface area (Å²) in [5, 5.41) is 16.1. The van der Waals surface area contributed by atoms with Crippen LogP contribution in [0.2, 0.25) is 0 Å². The van der Waals surface area contributed by atoms with Gasteiger partial charge < -0.3 is 10.0 Å². The number of nitrogens with zero attached hydrogens (tertiary/aromatic N) is 2. The predicted molar refractivity (Wildman–Crippen MR) is 66.9 cm³/mol. The van der Waals surface area contributed by atoms with Gasteiger partial charge in [0.25, 0.3) is 5.91 Å². The molecule has 0 radical (unpaired) electrons. The maximum Gasteiger partial charge on any atom is 0.326 e. The molecule has 19 heavy (non-hydrogen) atoms. The third-order valence-electron chi connectivity index (χ3n) is 3.88. The highest BCUT2D eigenvalue weighted by Gasteiger charge is 2.34. The molecule has 1 aliphatic carbocycles. The minimum atomic E-state index is -0.925. The zero-order valence-corrected chi connectivity index (χ0v) is 10.6. The number of aliphatic carboxylic acids is 1. The molecule has 3 rings (SSSR count). The maximum atomic E-state index is 12.4. The van der Waals surface area contributed by atoms with Gasteiger partial charge in [0.15, 0.2) is 0 Å². The Balaban J connectivity index is 1.78. The number of aromatic amines is 1. The Hall–Kier alpha value is -1.85. The van der Waals surface area contributed by atoms with Crippen LogP contribution in [0.5, 0.6) is 0 Å². The van der Waals surface area contributed by atoms with E-state index in [0.29, 0.717) is 24.6 Å². The van der Waals surface area contributed by atoms with Crippen molar-refractivity contribution < 1.29 is 14.7 Å². The van der Waals surface area contributed by atoms with Gasteiger partial charge in [-0.2, -0.15) is 5.10 Å². The summed E-state index contributed by atoms with van der Waals surface area (Å²) in [4.78, 5) is 25.0. The molecule has 2 aliphatic rings. The summed E-state index contributed by atoms with van der Waals surface area (Å²) in [5.41, 5.74) is 1.34. The van der Waals surface area contributed by atoms with E-state index in [1.54, 1.807) is 6.07 Å². The van der Waals surface area contributed by atoms with E-state index in [2.05, 4.69) is 10.2 Å². The number of rotatable bonds is 3. The van der Waals surface area contributed by atoms with E-state index in [-0.39, 0.29) is 5.91 Å². The standard InChI is InChI=1S/C13H17N3O3/c17-12(10-7-9(14-15-10)8-4-5-8)16-6-2-1-3-11(16)13(18)19/h7-8,11H,1-6H2,(H,14,15)(H,18,19)/t11-/m1/s1. The minimum Gasteiger partial charge on any atom is -0.480 e. The van der Waals surface area contributed by atoms with Gasteiger partial charge in [0.1, 0.15) is 11.7 Å². The molecule has 1 aromatic heterocycles. The summed E-state index contributed by atoms with van der Waals surface area (Å²) in [7, 11) is 0. The van der Waals surface area contributed by atoms with Crippen molar-refractivity contribution in [1.82, 2.24) is 15.1 Å². The van der Waals surface area contributed by atoms with Crippen molar-refractivity contribution in [2.24, 2.45) is 0 Å². The fraction of sp³-hybridized carbons (Fsp3) is 0.615. The van der Waals surface area contributed by atoms with Crippen molar-refractivity contribution in [1.29, 1.82) is 0 Å². The Morgan fingerprint density at radius 3 is 2.79 bits per heavy atom. The predicted octanol–water partition coefficient (Wildman–Crippen LogP) is 1.37. The Labute approximate surface area is 110 Å². The van der Waals surface area contributed by atoms with Gasteiger partial charge in [0, 0.05) is 18.2 Å². The molecule has 1 amide bonds. The number of nitrogens with one attached hydrogen (secondary N) is 1. The molecule has 1 saturated heterocycles. The molecule has 0 spiro atoms. The third kappa shape index (κ3) is 2.34. The molecule has 1 aromatic rings. The molecule has 0 unspecified atom stereocenters. The number of carboxylic acids is 1. The van der Waals surface area contributed by atoms with Gasteiger partial charge in [-0.3, -0.25) is 9.89 Å². The normalized spacial score (nSPS) is 23.4. The van der Waals surface area contributed by atoms with Crippen LogP contribution in [-0.2, 0) is 4.79 Å². The molecule has 2 fully saturated rings. The number of amides is 1. The lowest BCUT2D eigenvalue weighted by Crippen LogP contribution is -2.48. The number of hydrogen-bond donors (Lipinski definition) is 2. The van der Waals surface area contributed by atoms with Crippen molar-refractivity contribution in [2.75, 3.05) is 6.54 Å². The Kier molecular flexibility index (Phi) is 3.00. The van der Waals surface area contributed by atoms with E-state index in [9.17, 15) is 14.7 Å². The van der Waals surface area contributed by atoms with Crippen LogP contribution >= 0.6 is 0 Å². The topological polar surface area (TPSA) is 86.3 Å². The van der Waals surface area contributed by atoms with E-state index in [4.69, 9.17) is 0 Å². The van der Waals surface area contributed by atoms with Gasteiger partial charge in [0.05, 0.1) is 0 Å². The molecule has 1 atom stereocenters. The SMILES string of the molecule is O=C(O)[C@H]1CCCCN1C(=O)c1cc(C2CC2)[nH]n1. The number of hydrogen-bond acceptors (Lipinski definition) is 3. The molecule has 2 N–H and O–H groups in total. The average molecular weight is 263 g/mol. The van der Waals surface area contributed by atoms with E-state index >= 15 is 0 Å². The van der Waals surface area contributed by atoms with Gasteiger partial charge >= 0.3 is 5.97 Å². The molecule has 6 nitrogen and oxygen atoms in total. The molecule has 1 saturated carbocycles. The third-order valence-corrected chi connectivity index (χ3v) is 3.88. The van der Waals surface area contributed by atoms with E-state index in [1.807, 2.05) is 0 Å². The molecule has 6 heteroatoms. The fourth-order valence-electron chi connectivity index (χ4n) is 2.63. The first-order valence-corrected chi connectivity index (χ1v) is 6.76. The van der Waals surface area contributed by atoms with Crippen molar-refractivity contribution >= 4 is 11.9 Å². The highest BCUT2D eigenvalue weighted by Crippen LogP contribution is 2.39. The largest absolute Gasteiger partial charge is 0.480 e. The number of carboxylic acid groups (broad SMARTS) is 1. The monoisotopic (exact) mass is 263 g/mol. The second-order valence-electron chi connectivity index (χ2n) is 5.33. The first-order valence-electron chi connectivity index (χ1n) is 6.76. The molecule has 2 heterocycles. The van der Waals surface area contributed by atoms with Crippen LogP contribution < -0.4 is 0 Å². The molecular formula is C13H17N3O3. The van der Waals surface area contributed by atoms with Crippen molar-refractivity contribution in [3.63, 3.8) is 0 Å². The Morgan fingerprint density at radius 2 is 2.11 bits per heavy atom. The van der Waals surface area contributed by atoms with Gasteiger partial charge in [-0.1, -0.05) is 0 Å². The number of likely N-dealkylation sites (tertiary alicyclic amines) is 1. The van der Waals surface area contributed by atoms with E-state index in [1.165, 1.54) is 4.90 Å². The van der Waals surface area contributed by atoms with Crippen LogP contribution in [0.4, 0.5) is 0 Å². The minimum absolute atomic E-state index is 0.268. The molecule has 102 valence electrons. The lowest BCUT2D eigenvalue weighted by molar-refractivity contribution is -0.143.